The molecular formula is C19H17Cl2N3O4. The van der Waals surface area contributed by atoms with Crippen molar-refractivity contribution in [3.63, 3.8) is 0 Å². The summed E-state index contributed by atoms with van der Waals surface area (Å²) in [5.41, 5.74) is 0.338. The summed E-state index contributed by atoms with van der Waals surface area (Å²) >= 11 is 12.2. The molecule has 2 aliphatic heterocycles. The quantitative estimate of drug-likeness (QED) is 0.519. The van der Waals surface area contributed by atoms with Crippen LogP contribution in [0.25, 0.3) is 0 Å². The van der Waals surface area contributed by atoms with Gasteiger partial charge in [0, 0.05) is 32.8 Å². The summed E-state index contributed by atoms with van der Waals surface area (Å²) in [6, 6.07) is 9.92. The maximum Gasteiger partial charge on any atom is 0.250 e. The summed E-state index contributed by atoms with van der Waals surface area (Å²) in [5.74, 6) is -1.21. The monoisotopic (exact) mass is 421 g/mol. The fourth-order valence-corrected chi connectivity index (χ4v) is 4.88. The van der Waals surface area contributed by atoms with Gasteiger partial charge in [-0.1, -0.05) is 41.4 Å². The van der Waals surface area contributed by atoms with Crippen molar-refractivity contribution in [3.05, 3.63) is 73.8 Å². The van der Waals surface area contributed by atoms with E-state index in [0.29, 0.717) is 26.9 Å². The molecule has 0 bridgehead atoms. The van der Waals surface area contributed by atoms with E-state index < -0.39 is 23.5 Å². The number of aliphatic hydroxyl groups excluding tert-OH is 1. The van der Waals surface area contributed by atoms with Gasteiger partial charge in [-0.3, -0.25) is 20.2 Å². The number of aliphatic hydroxyl groups is 1. The van der Waals surface area contributed by atoms with Gasteiger partial charge in [-0.05, 0) is 36.2 Å². The van der Waals surface area contributed by atoms with Crippen LogP contribution in [0.15, 0.2) is 42.5 Å². The van der Waals surface area contributed by atoms with Crippen LogP contribution in [0.1, 0.15) is 23.5 Å². The number of hydrogen-bond acceptors (Lipinski definition) is 5. The molecule has 1 fully saturated rings. The largest absolute Gasteiger partial charge is 0.396 e. The lowest BCUT2D eigenvalue weighted by Crippen LogP contribution is -2.49. The molecule has 1 spiro atoms. The third-order valence-electron chi connectivity index (χ3n) is 5.54. The number of nitrogens with one attached hydrogen (secondary N) is 2. The Balaban J connectivity index is 1.97. The van der Waals surface area contributed by atoms with Gasteiger partial charge in [-0.25, -0.2) is 0 Å². The Labute approximate surface area is 170 Å². The van der Waals surface area contributed by atoms with Crippen LogP contribution in [0.5, 0.6) is 0 Å². The van der Waals surface area contributed by atoms with Gasteiger partial charge in [0.2, 0.25) is 11.9 Å². The molecule has 28 heavy (non-hydrogen) atoms. The Kier molecular flexibility index (Phi) is 4.79. The lowest BCUT2D eigenvalue weighted by Gasteiger charge is -2.29. The topological polar surface area (TPSA) is 104 Å². The van der Waals surface area contributed by atoms with E-state index in [1.165, 1.54) is 0 Å². The van der Waals surface area contributed by atoms with E-state index in [9.17, 15) is 20.0 Å². The van der Waals surface area contributed by atoms with Crippen LogP contribution in [0.4, 0.5) is 5.69 Å². The minimum absolute atomic E-state index is 0.140. The average molecular weight is 422 g/mol. The van der Waals surface area contributed by atoms with Crippen LogP contribution in [0, 0.1) is 10.1 Å². The number of hydrogen-bond donors (Lipinski definition) is 3. The number of fused-ring (bicyclic) bond motifs is 2. The van der Waals surface area contributed by atoms with Gasteiger partial charge in [-0.15, -0.1) is 0 Å². The number of anilines is 1. The van der Waals surface area contributed by atoms with E-state index in [4.69, 9.17) is 23.2 Å². The number of carbonyl (C=O) groups excluding carboxylic acids is 1. The predicted octanol–water partition coefficient (Wildman–Crippen LogP) is 2.92. The highest BCUT2D eigenvalue weighted by molar-refractivity contribution is 6.31. The molecule has 9 heteroatoms. The maximum atomic E-state index is 13.2. The first-order valence-electron chi connectivity index (χ1n) is 8.77. The van der Waals surface area contributed by atoms with E-state index in [1.54, 1.807) is 42.5 Å². The second-order valence-electron chi connectivity index (χ2n) is 7.02. The van der Waals surface area contributed by atoms with Crippen molar-refractivity contribution in [3.8, 4) is 0 Å². The standard InChI is InChI=1S/C19H17Cl2N3O4/c20-11-3-1-2-10(8-11)16-17(24(27)28)14(6-7-25)23-19(16)13-5-4-12(21)9-15(13)22-18(19)26/h1-5,8-9,14,16-17,23,25H,6-7H2,(H,22,26)/t14-,16-,17+,19+/m0/s1. The van der Waals surface area contributed by atoms with Gasteiger partial charge in [-0.2, -0.15) is 0 Å². The summed E-state index contributed by atoms with van der Waals surface area (Å²) in [5, 5.41) is 28.4. The van der Waals surface area contributed by atoms with E-state index >= 15 is 0 Å². The second kappa shape index (κ2) is 7.00. The van der Waals surface area contributed by atoms with Crippen LogP contribution in [-0.4, -0.2) is 34.6 Å². The van der Waals surface area contributed by atoms with Crippen LogP contribution < -0.4 is 10.6 Å². The smallest absolute Gasteiger partial charge is 0.250 e. The molecule has 0 aliphatic carbocycles. The molecule has 4 atom stereocenters. The van der Waals surface area contributed by atoms with Crippen LogP contribution in [0.2, 0.25) is 10.0 Å². The van der Waals surface area contributed by atoms with Crippen LogP contribution in [-0.2, 0) is 10.3 Å². The summed E-state index contributed by atoms with van der Waals surface area (Å²) in [6.07, 6.45) is 0.140. The fourth-order valence-electron chi connectivity index (χ4n) is 4.51. The molecule has 2 heterocycles. The Morgan fingerprint density at radius 1 is 1.18 bits per heavy atom. The van der Waals surface area contributed by atoms with Gasteiger partial charge < -0.3 is 10.4 Å². The van der Waals surface area contributed by atoms with Crippen molar-refractivity contribution in [2.45, 2.75) is 30.0 Å². The predicted molar refractivity (Wildman–Crippen MR) is 105 cm³/mol. The van der Waals surface area contributed by atoms with Gasteiger partial charge in [0.15, 0.2) is 0 Å². The molecule has 2 aliphatic rings. The average Bonchev–Trinajstić information content (AvgIpc) is 3.11. The Bertz CT molecular complexity index is 970. The van der Waals surface area contributed by atoms with Gasteiger partial charge in [0.1, 0.15) is 5.54 Å². The molecule has 0 radical (unpaired) electrons. The number of nitro groups is 1. The third-order valence-corrected chi connectivity index (χ3v) is 6.01. The Morgan fingerprint density at radius 2 is 1.93 bits per heavy atom. The second-order valence-corrected chi connectivity index (χ2v) is 7.90. The van der Waals surface area contributed by atoms with E-state index in [-0.39, 0.29) is 23.9 Å². The van der Waals surface area contributed by atoms with E-state index in [0.717, 1.165) is 0 Å². The van der Waals surface area contributed by atoms with Gasteiger partial charge in [0.25, 0.3) is 0 Å². The van der Waals surface area contributed by atoms with Crippen molar-refractivity contribution in [1.82, 2.24) is 5.32 Å². The van der Waals surface area contributed by atoms with Crippen molar-refractivity contribution < 1.29 is 14.8 Å². The zero-order chi connectivity index (χ0) is 20.1. The molecule has 4 rings (SSSR count). The maximum absolute atomic E-state index is 13.2. The van der Waals surface area contributed by atoms with E-state index in [1.807, 2.05) is 0 Å². The molecule has 1 amide bonds. The molecule has 0 aromatic heterocycles. The van der Waals surface area contributed by atoms with Crippen molar-refractivity contribution >= 4 is 34.8 Å². The molecule has 1 saturated heterocycles. The molecule has 146 valence electrons. The lowest BCUT2D eigenvalue weighted by molar-refractivity contribution is -0.527. The molecular weight excluding hydrogens is 405 g/mol. The molecule has 2 aromatic rings. The van der Waals surface area contributed by atoms with E-state index in [2.05, 4.69) is 10.6 Å². The van der Waals surface area contributed by atoms with Gasteiger partial charge in [0.05, 0.1) is 12.0 Å². The number of amides is 1. The van der Waals surface area contributed by atoms with Crippen molar-refractivity contribution in [1.29, 1.82) is 0 Å². The first kappa shape index (κ1) is 19.1. The number of rotatable bonds is 4. The highest BCUT2D eigenvalue weighted by Crippen LogP contribution is 2.53. The number of halogens is 2. The molecule has 0 unspecified atom stereocenters. The van der Waals surface area contributed by atoms with Crippen LogP contribution >= 0.6 is 23.2 Å². The number of carbonyl (C=O) groups is 1. The first-order valence-corrected chi connectivity index (χ1v) is 9.53. The Hall–Kier alpha value is -2.19. The lowest BCUT2D eigenvalue weighted by atomic mass is 9.74. The SMILES string of the molecule is O=C1Nc2cc(Cl)ccc2[C@]12N[C@@H](CCO)[C@@H]([N+](=O)[O-])[C@@H]2c1cccc(Cl)c1. The normalized spacial score (nSPS) is 28.4. The summed E-state index contributed by atoms with van der Waals surface area (Å²) in [7, 11) is 0. The van der Waals surface area contributed by atoms with Crippen molar-refractivity contribution in [2.24, 2.45) is 0 Å². The molecule has 3 N–H and O–H groups in total. The minimum atomic E-state index is -1.36. The number of nitrogens with zero attached hydrogens (tertiary/aromatic N) is 1. The zero-order valence-corrected chi connectivity index (χ0v) is 16.1. The van der Waals surface area contributed by atoms with Crippen LogP contribution in [0.3, 0.4) is 0 Å². The highest BCUT2D eigenvalue weighted by atomic mass is 35.5. The number of benzene rings is 2. The fraction of sp³-hybridized carbons (Fsp3) is 0.316. The highest BCUT2D eigenvalue weighted by Gasteiger charge is 2.66. The third kappa shape index (κ3) is 2.78. The first-order chi connectivity index (χ1) is 13.4. The molecule has 0 saturated carbocycles. The zero-order valence-electron chi connectivity index (χ0n) is 14.6. The Morgan fingerprint density at radius 3 is 2.61 bits per heavy atom. The molecule has 7 nitrogen and oxygen atoms in total. The summed E-state index contributed by atoms with van der Waals surface area (Å²) in [6.45, 7) is -0.241. The molecule has 2 aromatic carbocycles. The van der Waals surface area contributed by atoms with Crippen molar-refractivity contribution in [2.75, 3.05) is 11.9 Å². The summed E-state index contributed by atoms with van der Waals surface area (Å²) in [4.78, 5) is 24.9. The van der Waals surface area contributed by atoms with Gasteiger partial charge >= 0.3 is 0 Å². The minimum Gasteiger partial charge on any atom is -0.396 e. The summed E-state index contributed by atoms with van der Waals surface area (Å²) < 4.78 is 0.